The number of carboxylic acid groups (broad SMARTS) is 1. The van der Waals surface area contributed by atoms with E-state index < -0.39 is 5.97 Å². The molecular formula is C15H18N2O2. The van der Waals surface area contributed by atoms with Crippen molar-refractivity contribution in [3.05, 3.63) is 40.3 Å². The molecule has 1 aromatic carbocycles. The Morgan fingerprint density at radius 1 is 1.16 bits per heavy atom. The minimum absolute atomic E-state index is 0.0629. The fraction of sp³-hybridized carbons (Fsp3) is 0.333. The van der Waals surface area contributed by atoms with E-state index in [4.69, 9.17) is 5.11 Å². The Balaban J connectivity index is 2.72. The van der Waals surface area contributed by atoms with E-state index in [0.29, 0.717) is 0 Å². The Bertz CT molecular complexity index is 643. The van der Waals surface area contributed by atoms with Gasteiger partial charge in [-0.25, -0.2) is 9.78 Å². The largest absolute Gasteiger partial charge is 0.475 e. The molecule has 0 spiro atoms. The maximum atomic E-state index is 11.1. The van der Waals surface area contributed by atoms with Crippen LogP contribution in [0.25, 0.3) is 11.3 Å². The van der Waals surface area contributed by atoms with Crippen molar-refractivity contribution in [2.75, 3.05) is 0 Å². The monoisotopic (exact) mass is 258 g/mol. The van der Waals surface area contributed by atoms with Gasteiger partial charge in [-0.1, -0.05) is 6.07 Å². The zero-order valence-corrected chi connectivity index (χ0v) is 11.9. The van der Waals surface area contributed by atoms with E-state index >= 15 is 0 Å². The van der Waals surface area contributed by atoms with Crippen LogP contribution in [0.3, 0.4) is 0 Å². The van der Waals surface area contributed by atoms with Gasteiger partial charge in [-0.15, -0.1) is 0 Å². The van der Waals surface area contributed by atoms with Crippen LogP contribution in [0.5, 0.6) is 0 Å². The van der Waals surface area contributed by atoms with E-state index in [0.717, 1.165) is 22.4 Å². The first kappa shape index (κ1) is 13.3. The first-order chi connectivity index (χ1) is 8.82. The van der Waals surface area contributed by atoms with Gasteiger partial charge in [0.05, 0.1) is 5.69 Å². The summed E-state index contributed by atoms with van der Waals surface area (Å²) in [6, 6.07) is 2.15. The zero-order valence-electron chi connectivity index (χ0n) is 11.9. The van der Waals surface area contributed by atoms with Crippen LogP contribution < -0.4 is 0 Å². The number of benzene rings is 1. The standard InChI is InChI=1S/C15H18N2O2/c1-8-6-9(2)11(4)13(10(8)3)12-7-17(5)14(16-12)15(18)19/h6-7H,1-5H3,(H,18,19). The van der Waals surface area contributed by atoms with Gasteiger partial charge >= 0.3 is 5.97 Å². The van der Waals surface area contributed by atoms with Gasteiger partial charge in [-0.05, 0) is 49.9 Å². The quantitative estimate of drug-likeness (QED) is 0.900. The van der Waals surface area contributed by atoms with Gasteiger partial charge < -0.3 is 9.67 Å². The fourth-order valence-corrected chi connectivity index (χ4v) is 2.39. The number of aryl methyl sites for hydroxylation is 3. The summed E-state index contributed by atoms with van der Waals surface area (Å²) in [6.07, 6.45) is 1.78. The second-order valence-electron chi connectivity index (χ2n) is 5.00. The Hall–Kier alpha value is -2.10. The van der Waals surface area contributed by atoms with Crippen LogP contribution in [0.15, 0.2) is 12.3 Å². The van der Waals surface area contributed by atoms with E-state index in [1.165, 1.54) is 11.1 Å². The summed E-state index contributed by atoms with van der Waals surface area (Å²) in [7, 11) is 1.70. The number of hydrogen-bond acceptors (Lipinski definition) is 2. The van der Waals surface area contributed by atoms with Crippen LogP contribution >= 0.6 is 0 Å². The van der Waals surface area contributed by atoms with Gasteiger partial charge in [0.2, 0.25) is 5.82 Å². The highest BCUT2D eigenvalue weighted by atomic mass is 16.4. The van der Waals surface area contributed by atoms with Crippen LogP contribution in [0.1, 0.15) is 32.9 Å². The average molecular weight is 258 g/mol. The predicted molar refractivity (Wildman–Crippen MR) is 74.6 cm³/mol. The molecule has 4 nitrogen and oxygen atoms in total. The lowest BCUT2D eigenvalue weighted by Gasteiger charge is -2.13. The minimum Gasteiger partial charge on any atom is -0.475 e. The molecule has 0 aliphatic rings. The Morgan fingerprint density at radius 3 is 2.11 bits per heavy atom. The van der Waals surface area contributed by atoms with Crippen LogP contribution in [0.2, 0.25) is 0 Å². The first-order valence-corrected chi connectivity index (χ1v) is 6.17. The van der Waals surface area contributed by atoms with Crippen LogP contribution in [0, 0.1) is 27.7 Å². The van der Waals surface area contributed by atoms with Crippen molar-refractivity contribution in [2.45, 2.75) is 27.7 Å². The molecule has 0 fully saturated rings. The van der Waals surface area contributed by atoms with Crippen LogP contribution in [0.4, 0.5) is 0 Å². The fourth-order valence-electron chi connectivity index (χ4n) is 2.39. The molecule has 0 radical (unpaired) electrons. The van der Waals surface area contributed by atoms with Gasteiger partial charge in [0.15, 0.2) is 0 Å². The molecule has 0 saturated heterocycles. The van der Waals surface area contributed by atoms with Crippen molar-refractivity contribution in [1.29, 1.82) is 0 Å². The lowest BCUT2D eigenvalue weighted by Crippen LogP contribution is -2.05. The smallest absolute Gasteiger partial charge is 0.372 e. The maximum Gasteiger partial charge on any atom is 0.372 e. The van der Waals surface area contributed by atoms with Gasteiger partial charge in [0.25, 0.3) is 0 Å². The molecular weight excluding hydrogens is 240 g/mol. The van der Waals surface area contributed by atoms with Gasteiger partial charge in [0, 0.05) is 18.8 Å². The highest BCUT2D eigenvalue weighted by Crippen LogP contribution is 2.30. The minimum atomic E-state index is -1.01. The first-order valence-electron chi connectivity index (χ1n) is 6.17. The number of carboxylic acids is 1. The Morgan fingerprint density at radius 2 is 1.68 bits per heavy atom. The third-order valence-corrected chi connectivity index (χ3v) is 3.69. The number of nitrogens with zero attached hydrogens (tertiary/aromatic N) is 2. The van der Waals surface area contributed by atoms with Gasteiger partial charge in [-0.3, -0.25) is 0 Å². The predicted octanol–water partition coefficient (Wildman–Crippen LogP) is 3.02. The second kappa shape index (κ2) is 4.53. The summed E-state index contributed by atoms with van der Waals surface area (Å²) >= 11 is 0. The van der Waals surface area contributed by atoms with Crippen molar-refractivity contribution < 1.29 is 9.90 Å². The molecule has 19 heavy (non-hydrogen) atoms. The average Bonchev–Trinajstić information content (AvgIpc) is 2.69. The molecule has 0 unspecified atom stereocenters. The summed E-state index contributed by atoms with van der Waals surface area (Å²) in [5, 5.41) is 9.09. The number of aromatic carboxylic acids is 1. The molecule has 2 aromatic rings. The lowest BCUT2D eigenvalue weighted by molar-refractivity contribution is 0.0680. The van der Waals surface area contributed by atoms with Crippen molar-refractivity contribution in [2.24, 2.45) is 7.05 Å². The molecule has 0 aliphatic carbocycles. The number of imidazole rings is 1. The van der Waals surface area contributed by atoms with Crippen molar-refractivity contribution >= 4 is 5.97 Å². The molecule has 0 bridgehead atoms. The third-order valence-electron chi connectivity index (χ3n) is 3.69. The normalized spacial score (nSPS) is 10.8. The molecule has 0 amide bonds. The molecule has 2 rings (SSSR count). The summed E-state index contributed by atoms with van der Waals surface area (Å²) in [6.45, 7) is 8.22. The summed E-state index contributed by atoms with van der Waals surface area (Å²) in [4.78, 5) is 15.3. The summed E-state index contributed by atoms with van der Waals surface area (Å²) < 4.78 is 1.55. The lowest BCUT2D eigenvalue weighted by atomic mass is 9.93. The molecule has 1 aromatic heterocycles. The highest BCUT2D eigenvalue weighted by Gasteiger charge is 2.17. The number of rotatable bonds is 2. The number of aromatic nitrogens is 2. The van der Waals surface area contributed by atoms with E-state index in [2.05, 4.69) is 24.9 Å². The van der Waals surface area contributed by atoms with Crippen LogP contribution in [-0.4, -0.2) is 20.6 Å². The van der Waals surface area contributed by atoms with Crippen molar-refractivity contribution in [1.82, 2.24) is 9.55 Å². The third kappa shape index (κ3) is 2.14. The van der Waals surface area contributed by atoms with Crippen molar-refractivity contribution in [3.8, 4) is 11.3 Å². The molecule has 1 heterocycles. The molecule has 0 aliphatic heterocycles. The molecule has 100 valence electrons. The van der Waals surface area contributed by atoms with E-state index in [1.54, 1.807) is 17.8 Å². The molecule has 4 heteroatoms. The summed E-state index contributed by atoms with van der Waals surface area (Å²) in [5.41, 5.74) is 6.46. The van der Waals surface area contributed by atoms with Gasteiger partial charge in [-0.2, -0.15) is 0 Å². The maximum absolute atomic E-state index is 11.1. The molecule has 0 saturated carbocycles. The van der Waals surface area contributed by atoms with E-state index in [9.17, 15) is 4.79 Å². The Labute approximate surface area is 112 Å². The Kier molecular flexibility index (Phi) is 3.18. The van der Waals surface area contributed by atoms with E-state index in [1.807, 2.05) is 13.8 Å². The SMILES string of the molecule is Cc1cc(C)c(C)c(-c2cn(C)c(C(=O)O)n2)c1C. The van der Waals surface area contributed by atoms with Gasteiger partial charge in [0.1, 0.15) is 0 Å². The number of hydrogen-bond donors (Lipinski definition) is 1. The van der Waals surface area contributed by atoms with Crippen molar-refractivity contribution in [3.63, 3.8) is 0 Å². The molecule has 1 N–H and O–H groups in total. The zero-order chi connectivity index (χ0) is 14.3. The van der Waals surface area contributed by atoms with Crippen LogP contribution in [-0.2, 0) is 7.05 Å². The van der Waals surface area contributed by atoms with E-state index in [-0.39, 0.29) is 5.82 Å². The highest BCUT2D eigenvalue weighted by molar-refractivity contribution is 5.85. The number of carbonyl (C=O) groups is 1. The summed E-state index contributed by atoms with van der Waals surface area (Å²) in [5.74, 6) is -0.943. The topological polar surface area (TPSA) is 55.1 Å². The second-order valence-corrected chi connectivity index (χ2v) is 5.00. The molecule has 0 atom stereocenters.